The summed E-state index contributed by atoms with van der Waals surface area (Å²) in [6.07, 6.45) is 1.25. The van der Waals surface area contributed by atoms with Crippen LogP contribution in [0.1, 0.15) is 28.5 Å². The Hall–Kier alpha value is -0.670. The smallest absolute Gasteiger partial charge is 0.121 e. The van der Waals surface area contributed by atoms with Crippen molar-refractivity contribution in [2.24, 2.45) is 0 Å². The lowest BCUT2D eigenvalue weighted by atomic mass is 10.1. The maximum atomic E-state index is 9.70. The first-order valence-electron chi connectivity index (χ1n) is 5.33. The van der Waals surface area contributed by atoms with Gasteiger partial charge in [0, 0.05) is 0 Å². The van der Waals surface area contributed by atoms with E-state index < -0.39 is 0 Å². The van der Waals surface area contributed by atoms with Crippen LogP contribution in [0.2, 0.25) is 0 Å². The molecule has 1 aromatic carbocycles. The molecule has 0 amide bonds. The number of aromatic hydroxyl groups is 1. The summed E-state index contributed by atoms with van der Waals surface area (Å²) >= 11 is 1.95. The van der Waals surface area contributed by atoms with E-state index in [1.165, 1.54) is 17.7 Å². The van der Waals surface area contributed by atoms with E-state index in [9.17, 15) is 5.11 Å². The Morgan fingerprint density at radius 2 is 2.00 bits per heavy atom. The zero-order valence-electron chi connectivity index (χ0n) is 9.21. The fourth-order valence-corrected chi connectivity index (χ4v) is 3.03. The summed E-state index contributed by atoms with van der Waals surface area (Å²) in [5.74, 6) is 1.65. The second-order valence-corrected chi connectivity index (χ2v) is 5.27. The minimum Gasteiger partial charge on any atom is -0.507 e. The average Bonchev–Trinajstić information content (AvgIpc) is 2.26. The van der Waals surface area contributed by atoms with Gasteiger partial charge in [0.05, 0.1) is 5.37 Å². The number of hydrogen-bond acceptors (Lipinski definition) is 3. The van der Waals surface area contributed by atoms with E-state index in [4.69, 9.17) is 0 Å². The van der Waals surface area contributed by atoms with E-state index in [0.717, 1.165) is 17.7 Å². The number of nitrogens with one attached hydrogen (secondary N) is 1. The molecule has 2 N–H and O–H groups in total. The van der Waals surface area contributed by atoms with Crippen LogP contribution >= 0.6 is 11.8 Å². The minimum atomic E-state index is 0.400. The van der Waals surface area contributed by atoms with Gasteiger partial charge in [-0.05, 0) is 61.4 Å². The Morgan fingerprint density at radius 3 is 2.53 bits per heavy atom. The molecule has 1 unspecified atom stereocenters. The molecule has 1 saturated heterocycles. The first kappa shape index (κ1) is 10.8. The fourth-order valence-electron chi connectivity index (χ4n) is 1.92. The van der Waals surface area contributed by atoms with Gasteiger partial charge in [-0.3, -0.25) is 0 Å². The number of rotatable bonds is 1. The number of aryl methyl sites for hydroxylation is 2. The Morgan fingerprint density at radius 1 is 1.33 bits per heavy atom. The predicted molar refractivity (Wildman–Crippen MR) is 65.4 cm³/mol. The van der Waals surface area contributed by atoms with Crippen molar-refractivity contribution in [2.45, 2.75) is 25.6 Å². The maximum Gasteiger partial charge on any atom is 0.121 e. The second-order valence-electron chi connectivity index (χ2n) is 4.06. The van der Waals surface area contributed by atoms with Gasteiger partial charge in [0.15, 0.2) is 0 Å². The molecule has 0 saturated carbocycles. The van der Waals surface area contributed by atoms with E-state index >= 15 is 0 Å². The van der Waals surface area contributed by atoms with Crippen molar-refractivity contribution in [3.63, 3.8) is 0 Å². The topological polar surface area (TPSA) is 32.3 Å². The summed E-state index contributed by atoms with van der Waals surface area (Å²) in [7, 11) is 0. The quantitative estimate of drug-likeness (QED) is 0.768. The number of hydrogen-bond donors (Lipinski definition) is 2. The highest BCUT2D eigenvalue weighted by molar-refractivity contribution is 7.99. The van der Waals surface area contributed by atoms with Crippen molar-refractivity contribution >= 4 is 11.8 Å². The molecule has 0 radical (unpaired) electrons. The predicted octanol–water partition coefficient (Wildman–Crippen LogP) is 2.73. The lowest BCUT2D eigenvalue weighted by molar-refractivity contribution is 0.466. The average molecular weight is 223 g/mol. The SMILES string of the molecule is Cc1cc(C2NCCCS2)cc(C)c1O. The van der Waals surface area contributed by atoms with Gasteiger partial charge in [-0.1, -0.05) is 0 Å². The van der Waals surface area contributed by atoms with Crippen molar-refractivity contribution < 1.29 is 5.11 Å². The molecule has 1 heterocycles. The van der Waals surface area contributed by atoms with Crippen molar-refractivity contribution in [2.75, 3.05) is 12.3 Å². The first-order valence-corrected chi connectivity index (χ1v) is 6.38. The van der Waals surface area contributed by atoms with Crippen LogP contribution in [0.5, 0.6) is 5.75 Å². The minimum absolute atomic E-state index is 0.400. The van der Waals surface area contributed by atoms with Crippen molar-refractivity contribution in [3.8, 4) is 5.75 Å². The molecular weight excluding hydrogens is 206 g/mol. The van der Waals surface area contributed by atoms with Crippen LogP contribution in [-0.2, 0) is 0 Å². The summed E-state index contributed by atoms with van der Waals surface area (Å²) in [6.45, 7) is 5.01. The van der Waals surface area contributed by atoms with Gasteiger partial charge >= 0.3 is 0 Å². The Balaban J connectivity index is 2.27. The van der Waals surface area contributed by atoms with Gasteiger partial charge in [0.2, 0.25) is 0 Å². The molecule has 1 aromatic rings. The Kier molecular flexibility index (Phi) is 3.22. The lowest BCUT2D eigenvalue weighted by Gasteiger charge is -2.24. The summed E-state index contributed by atoms with van der Waals surface area (Å²) in [4.78, 5) is 0. The van der Waals surface area contributed by atoms with Crippen LogP contribution in [-0.4, -0.2) is 17.4 Å². The molecule has 0 bridgehead atoms. The first-order chi connectivity index (χ1) is 7.18. The van der Waals surface area contributed by atoms with Gasteiger partial charge in [-0.2, -0.15) is 0 Å². The van der Waals surface area contributed by atoms with E-state index in [2.05, 4.69) is 17.4 Å². The largest absolute Gasteiger partial charge is 0.507 e. The molecule has 2 nitrogen and oxygen atoms in total. The van der Waals surface area contributed by atoms with Crippen LogP contribution in [0.3, 0.4) is 0 Å². The van der Waals surface area contributed by atoms with E-state index in [0.29, 0.717) is 11.1 Å². The third-order valence-corrected chi connectivity index (χ3v) is 4.05. The monoisotopic (exact) mass is 223 g/mol. The summed E-state index contributed by atoms with van der Waals surface area (Å²) in [6, 6.07) is 4.16. The molecule has 15 heavy (non-hydrogen) atoms. The van der Waals surface area contributed by atoms with Gasteiger partial charge < -0.3 is 10.4 Å². The fraction of sp³-hybridized carbons (Fsp3) is 0.500. The number of phenolic OH excluding ortho intramolecular Hbond substituents is 1. The van der Waals surface area contributed by atoms with Gasteiger partial charge in [-0.25, -0.2) is 0 Å². The molecular formula is C12H17NOS. The number of thioether (sulfide) groups is 1. The molecule has 1 atom stereocenters. The molecule has 0 aromatic heterocycles. The van der Waals surface area contributed by atoms with Crippen LogP contribution < -0.4 is 5.32 Å². The van der Waals surface area contributed by atoms with Crippen LogP contribution in [0.15, 0.2) is 12.1 Å². The summed E-state index contributed by atoms with van der Waals surface area (Å²) in [5, 5.41) is 13.6. The third-order valence-electron chi connectivity index (χ3n) is 2.75. The van der Waals surface area contributed by atoms with Gasteiger partial charge in [0.1, 0.15) is 5.75 Å². The Bertz CT molecular complexity index is 336. The molecule has 0 spiro atoms. The van der Waals surface area contributed by atoms with Gasteiger partial charge in [-0.15, -0.1) is 11.8 Å². The summed E-state index contributed by atoms with van der Waals surface area (Å²) < 4.78 is 0. The molecule has 2 rings (SSSR count). The second kappa shape index (κ2) is 4.45. The van der Waals surface area contributed by atoms with Crippen molar-refractivity contribution in [1.29, 1.82) is 0 Å². The molecule has 1 fully saturated rings. The third kappa shape index (κ3) is 2.29. The lowest BCUT2D eigenvalue weighted by Crippen LogP contribution is -2.25. The van der Waals surface area contributed by atoms with E-state index in [1.54, 1.807) is 0 Å². The van der Waals surface area contributed by atoms with Crippen LogP contribution in [0, 0.1) is 13.8 Å². The van der Waals surface area contributed by atoms with Crippen molar-refractivity contribution in [3.05, 3.63) is 28.8 Å². The highest BCUT2D eigenvalue weighted by atomic mass is 32.2. The standard InChI is InChI=1S/C12H17NOS/c1-8-6-10(7-9(2)11(8)14)12-13-4-3-5-15-12/h6-7,12-14H,3-5H2,1-2H3. The van der Waals surface area contributed by atoms with Crippen LogP contribution in [0.4, 0.5) is 0 Å². The molecule has 82 valence electrons. The van der Waals surface area contributed by atoms with Crippen molar-refractivity contribution in [1.82, 2.24) is 5.32 Å². The maximum absolute atomic E-state index is 9.70. The van der Waals surface area contributed by atoms with Gasteiger partial charge in [0.25, 0.3) is 0 Å². The van der Waals surface area contributed by atoms with E-state index in [1.807, 2.05) is 25.6 Å². The highest BCUT2D eigenvalue weighted by Gasteiger charge is 2.16. The molecule has 1 aliphatic rings. The molecule has 0 aliphatic carbocycles. The molecule has 1 aliphatic heterocycles. The normalized spacial score (nSPS) is 21.6. The molecule has 3 heteroatoms. The zero-order chi connectivity index (χ0) is 10.8. The number of benzene rings is 1. The highest BCUT2D eigenvalue weighted by Crippen LogP contribution is 2.33. The van der Waals surface area contributed by atoms with E-state index in [-0.39, 0.29) is 0 Å². The van der Waals surface area contributed by atoms with Crippen LogP contribution in [0.25, 0.3) is 0 Å². The Labute approximate surface area is 95.1 Å². The number of phenols is 1. The zero-order valence-corrected chi connectivity index (χ0v) is 10.0. The summed E-state index contributed by atoms with van der Waals surface area (Å²) in [5.41, 5.74) is 3.23.